The van der Waals surface area contributed by atoms with Crippen molar-refractivity contribution in [1.29, 1.82) is 0 Å². The number of carbonyl (C=O) groups is 1. The van der Waals surface area contributed by atoms with E-state index >= 15 is 0 Å². The molecule has 1 heterocycles. The standard InChI is InChI=1S/C20H17F2N3O6S/c1-29-6-7-31-17-9-15(25(27)28)11(8-16(17)30-2)19(26)24-20-23-14(10-32-20)18-12(21)4-3-5-13(18)22/h3-5,8-10H,6-7H2,1-2H3,(H,23,24,26). The number of methoxy groups -OCH3 is 2. The number of nitrogens with one attached hydrogen (secondary N) is 1. The summed E-state index contributed by atoms with van der Waals surface area (Å²) >= 11 is 0.910. The van der Waals surface area contributed by atoms with Crippen LogP contribution in [0.15, 0.2) is 35.7 Å². The summed E-state index contributed by atoms with van der Waals surface area (Å²) in [6.07, 6.45) is 0. The van der Waals surface area contributed by atoms with Crippen molar-refractivity contribution in [2.45, 2.75) is 0 Å². The van der Waals surface area contributed by atoms with E-state index in [0.29, 0.717) is 0 Å². The van der Waals surface area contributed by atoms with Crippen molar-refractivity contribution < 1.29 is 32.7 Å². The Hall–Kier alpha value is -3.64. The summed E-state index contributed by atoms with van der Waals surface area (Å²) in [5.74, 6) is -2.30. The van der Waals surface area contributed by atoms with E-state index in [0.717, 1.165) is 29.5 Å². The highest BCUT2D eigenvalue weighted by Crippen LogP contribution is 2.36. The average Bonchev–Trinajstić information content (AvgIpc) is 3.21. The third-order valence-electron chi connectivity index (χ3n) is 4.21. The highest BCUT2D eigenvalue weighted by atomic mass is 32.1. The molecule has 0 bridgehead atoms. The van der Waals surface area contributed by atoms with Crippen LogP contribution in [0.2, 0.25) is 0 Å². The number of hydrogen-bond acceptors (Lipinski definition) is 8. The first-order chi connectivity index (χ1) is 15.3. The molecule has 0 saturated heterocycles. The fourth-order valence-corrected chi connectivity index (χ4v) is 3.44. The second-order valence-corrected chi connectivity index (χ2v) is 7.07. The van der Waals surface area contributed by atoms with Crippen LogP contribution in [0.5, 0.6) is 11.5 Å². The minimum absolute atomic E-state index is 0.00124. The van der Waals surface area contributed by atoms with Gasteiger partial charge < -0.3 is 14.2 Å². The van der Waals surface area contributed by atoms with Crippen LogP contribution in [0.25, 0.3) is 11.3 Å². The summed E-state index contributed by atoms with van der Waals surface area (Å²) in [5.41, 5.74) is -1.18. The fourth-order valence-electron chi connectivity index (χ4n) is 2.74. The predicted molar refractivity (Wildman–Crippen MR) is 112 cm³/mol. The van der Waals surface area contributed by atoms with E-state index < -0.39 is 28.2 Å². The SMILES string of the molecule is COCCOc1cc([N+](=O)[O-])c(C(=O)Nc2nc(-c3c(F)cccc3F)cs2)cc1OC. The number of thiazole rings is 1. The minimum Gasteiger partial charge on any atom is -0.493 e. The van der Waals surface area contributed by atoms with Gasteiger partial charge in [-0.2, -0.15) is 0 Å². The Morgan fingerprint density at radius 2 is 1.91 bits per heavy atom. The van der Waals surface area contributed by atoms with E-state index in [-0.39, 0.29) is 46.7 Å². The normalized spacial score (nSPS) is 10.6. The van der Waals surface area contributed by atoms with E-state index in [1.807, 2.05) is 0 Å². The fraction of sp³-hybridized carbons (Fsp3) is 0.200. The first-order valence-corrected chi connectivity index (χ1v) is 9.93. The number of halogens is 2. The number of nitro groups is 1. The highest BCUT2D eigenvalue weighted by Gasteiger charge is 2.26. The highest BCUT2D eigenvalue weighted by molar-refractivity contribution is 7.14. The Bertz CT molecular complexity index is 1130. The lowest BCUT2D eigenvalue weighted by Crippen LogP contribution is -2.15. The molecule has 0 saturated carbocycles. The number of hydrogen-bond donors (Lipinski definition) is 1. The smallest absolute Gasteiger partial charge is 0.286 e. The molecule has 3 aromatic rings. The molecule has 0 aliphatic rings. The van der Waals surface area contributed by atoms with Crippen molar-refractivity contribution >= 4 is 28.1 Å². The van der Waals surface area contributed by atoms with Gasteiger partial charge in [-0.25, -0.2) is 13.8 Å². The second kappa shape index (κ2) is 10.1. The number of ether oxygens (including phenoxy) is 3. The van der Waals surface area contributed by atoms with Gasteiger partial charge in [-0.15, -0.1) is 11.3 Å². The van der Waals surface area contributed by atoms with Gasteiger partial charge in [-0.1, -0.05) is 6.07 Å². The summed E-state index contributed by atoms with van der Waals surface area (Å²) < 4.78 is 43.4. The summed E-state index contributed by atoms with van der Waals surface area (Å²) in [7, 11) is 2.79. The number of aromatic nitrogens is 1. The maximum atomic E-state index is 14.0. The molecule has 9 nitrogen and oxygen atoms in total. The summed E-state index contributed by atoms with van der Waals surface area (Å²) in [4.78, 5) is 27.6. The van der Waals surface area contributed by atoms with Crippen LogP contribution in [-0.4, -0.2) is 43.2 Å². The summed E-state index contributed by atoms with van der Waals surface area (Å²) in [6, 6.07) is 5.63. The van der Waals surface area contributed by atoms with Gasteiger partial charge in [-0.3, -0.25) is 20.2 Å². The minimum atomic E-state index is -0.853. The lowest BCUT2D eigenvalue weighted by atomic mass is 10.1. The molecule has 0 atom stereocenters. The van der Waals surface area contributed by atoms with Crippen LogP contribution in [0.4, 0.5) is 19.6 Å². The Kier molecular flexibility index (Phi) is 7.28. The topological polar surface area (TPSA) is 113 Å². The molecule has 1 aromatic heterocycles. The number of rotatable bonds is 9. The van der Waals surface area contributed by atoms with Crippen LogP contribution in [-0.2, 0) is 4.74 Å². The largest absolute Gasteiger partial charge is 0.493 e. The maximum Gasteiger partial charge on any atom is 0.286 e. The van der Waals surface area contributed by atoms with Crippen LogP contribution in [0.1, 0.15) is 10.4 Å². The molecule has 1 N–H and O–H groups in total. The lowest BCUT2D eigenvalue weighted by molar-refractivity contribution is -0.385. The van der Waals surface area contributed by atoms with E-state index in [9.17, 15) is 23.7 Å². The quantitative estimate of drug-likeness (QED) is 0.285. The summed E-state index contributed by atoms with van der Waals surface area (Å²) in [6.45, 7) is 0.359. The van der Waals surface area contributed by atoms with Crippen molar-refractivity contribution in [3.8, 4) is 22.8 Å². The van der Waals surface area contributed by atoms with Crippen LogP contribution in [0, 0.1) is 21.7 Å². The zero-order valence-corrected chi connectivity index (χ0v) is 17.7. The lowest BCUT2D eigenvalue weighted by Gasteiger charge is -2.12. The van der Waals surface area contributed by atoms with Crippen LogP contribution in [0.3, 0.4) is 0 Å². The molecule has 0 aliphatic heterocycles. The molecular formula is C20H17F2N3O6S. The van der Waals surface area contributed by atoms with E-state index in [4.69, 9.17) is 14.2 Å². The van der Waals surface area contributed by atoms with Crippen LogP contribution < -0.4 is 14.8 Å². The van der Waals surface area contributed by atoms with Gasteiger partial charge in [0.15, 0.2) is 16.6 Å². The number of carbonyl (C=O) groups excluding carboxylic acids is 1. The van der Waals surface area contributed by atoms with Crippen molar-refractivity contribution in [2.75, 3.05) is 32.8 Å². The molecule has 3 rings (SSSR count). The Morgan fingerprint density at radius 3 is 2.53 bits per heavy atom. The van der Waals surface area contributed by atoms with Gasteiger partial charge in [0.2, 0.25) is 0 Å². The average molecular weight is 465 g/mol. The number of anilines is 1. The van der Waals surface area contributed by atoms with Crippen molar-refractivity contribution in [2.24, 2.45) is 0 Å². The molecule has 0 unspecified atom stereocenters. The molecule has 168 valence electrons. The van der Waals surface area contributed by atoms with Crippen molar-refractivity contribution in [3.63, 3.8) is 0 Å². The first-order valence-electron chi connectivity index (χ1n) is 9.05. The van der Waals surface area contributed by atoms with Gasteiger partial charge in [0.25, 0.3) is 11.6 Å². The zero-order valence-electron chi connectivity index (χ0n) is 16.9. The zero-order chi connectivity index (χ0) is 23.3. The van der Waals surface area contributed by atoms with E-state index in [2.05, 4.69) is 10.3 Å². The van der Waals surface area contributed by atoms with E-state index in [1.54, 1.807) is 0 Å². The molecule has 32 heavy (non-hydrogen) atoms. The molecule has 12 heteroatoms. The molecule has 0 aliphatic carbocycles. The number of amides is 1. The number of benzene rings is 2. The van der Waals surface area contributed by atoms with Gasteiger partial charge in [-0.05, 0) is 12.1 Å². The Balaban J connectivity index is 1.89. The molecule has 0 spiro atoms. The first kappa shape index (κ1) is 23.0. The monoisotopic (exact) mass is 465 g/mol. The Morgan fingerprint density at radius 1 is 1.19 bits per heavy atom. The third-order valence-corrected chi connectivity index (χ3v) is 4.97. The summed E-state index contributed by atoms with van der Waals surface area (Å²) in [5, 5.41) is 15.3. The van der Waals surface area contributed by atoms with Crippen molar-refractivity contribution in [1.82, 2.24) is 4.98 Å². The molecule has 2 aromatic carbocycles. The molecule has 0 fully saturated rings. The van der Waals surface area contributed by atoms with Gasteiger partial charge >= 0.3 is 0 Å². The van der Waals surface area contributed by atoms with Crippen molar-refractivity contribution in [3.05, 3.63) is 63.0 Å². The third kappa shape index (κ3) is 4.98. The Labute approximate surface area is 184 Å². The van der Waals surface area contributed by atoms with Gasteiger partial charge in [0.1, 0.15) is 23.8 Å². The molecular weight excluding hydrogens is 448 g/mol. The molecule has 0 radical (unpaired) electrons. The predicted octanol–water partition coefficient (Wildman–Crippen LogP) is 4.28. The number of nitrogens with zero attached hydrogens (tertiary/aromatic N) is 2. The van der Waals surface area contributed by atoms with E-state index in [1.165, 1.54) is 31.7 Å². The maximum absolute atomic E-state index is 14.0. The molecule has 1 amide bonds. The van der Waals surface area contributed by atoms with Gasteiger partial charge in [0.05, 0.1) is 36.0 Å². The van der Waals surface area contributed by atoms with Crippen LogP contribution >= 0.6 is 11.3 Å². The van der Waals surface area contributed by atoms with Gasteiger partial charge in [0, 0.05) is 18.6 Å². The number of nitro benzene ring substituents is 1. The second-order valence-electron chi connectivity index (χ2n) is 6.21.